The Morgan fingerprint density at radius 2 is 1.10 bits per heavy atom. The highest BCUT2D eigenvalue weighted by atomic mass is 16.4. The van der Waals surface area contributed by atoms with Crippen molar-refractivity contribution in [2.75, 3.05) is 85.1 Å². The number of aliphatic imine (C=N–C) groups is 1. The summed E-state index contributed by atoms with van der Waals surface area (Å²) in [4.78, 5) is 149. The van der Waals surface area contributed by atoms with E-state index >= 15 is 0 Å². The van der Waals surface area contributed by atoms with Crippen LogP contribution >= 0.6 is 0 Å². The first-order valence-electron chi connectivity index (χ1n) is 30.5. The predicted molar refractivity (Wildman–Crippen MR) is 327 cm³/mol. The van der Waals surface area contributed by atoms with Gasteiger partial charge in [0.25, 0.3) is 11.8 Å². The lowest BCUT2D eigenvalue weighted by molar-refractivity contribution is -0.145. The normalized spacial score (nSPS) is 16.2. The van der Waals surface area contributed by atoms with Gasteiger partial charge in [-0.3, -0.25) is 67.6 Å². The number of nitrogens with zero attached hydrogens (tertiary/aromatic N) is 5. The fourth-order valence-electron chi connectivity index (χ4n) is 10.7. The van der Waals surface area contributed by atoms with E-state index in [1.165, 1.54) is 17.9 Å². The molecule has 0 saturated carbocycles. The molecule has 16 N–H and O–H groups in total. The van der Waals surface area contributed by atoms with Gasteiger partial charge in [0.2, 0.25) is 29.5 Å². The second-order valence-corrected chi connectivity index (χ2v) is 22.4. The zero-order chi connectivity index (χ0) is 65.4. The van der Waals surface area contributed by atoms with Gasteiger partial charge < -0.3 is 78.7 Å². The predicted octanol–water partition coefficient (Wildman–Crippen LogP) is -1.36. The zero-order valence-corrected chi connectivity index (χ0v) is 50.7. The Labute approximate surface area is 517 Å². The maximum Gasteiger partial charge on any atom is 0.475 e. The molecule has 2 saturated heterocycles. The van der Waals surface area contributed by atoms with Crippen LogP contribution in [-0.4, -0.2) is 244 Å². The van der Waals surface area contributed by atoms with Crippen molar-refractivity contribution in [3.05, 3.63) is 47.5 Å². The number of fused-ring (bicyclic) bond motifs is 1. The SMILES string of the molecule is C[C@@H](NC(=O)c1ccc(C(=O)NCCCCCNC(=O)[C@H](CCCN=C(N)N)NC(=O)CCCCCC(=O)N[C@@H](CCCCNC(=O)CC[C@H](C(=O)O)N2CCN(CC(=O)O)CCN(CC(=O)O)CC2)C(=O)O)c2ccccc12)C(=O)N1CCC[C@H]1B(O)O. The molecule has 0 radical (unpaired) electrons. The van der Waals surface area contributed by atoms with Gasteiger partial charge in [-0.25, -0.2) is 4.79 Å². The molecule has 89 heavy (non-hydrogen) atoms. The molecule has 492 valence electrons. The minimum Gasteiger partial charge on any atom is -0.480 e. The van der Waals surface area contributed by atoms with E-state index in [0.717, 1.165) is 0 Å². The second kappa shape index (κ2) is 39.1. The fourth-order valence-corrected chi connectivity index (χ4v) is 10.7. The number of rotatable bonds is 39. The van der Waals surface area contributed by atoms with Crippen LogP contribution in [0.4, 0.5) is 0 Å². The molecule has 2 aromatic rings. The van der Waals surface area contributed by atoms with Crippen molar-refractivity contribution in [1.29, 1.82) is 0 Å². The van der Waals surface area contributed by atoms with Gasteiger partial charge in [0.15, 0.2) is 5.96 Å². The van der Waals surface area contributed by atoms with E-state index in [9.17, 15) is 83.2 Å². The average molecular weight is 1250 g/mol. The summed E-state index contributed by atoms with van der Waals surface area (Å²) in [7, 11) is -1.69. The monoisotopic (exact) mass is 1250 g/mol. The lowest BCUT2D eigenvalue weighted by Gasteiger charge is -2.30. The summed E-state index contributed by atoms with van der Waals surface area (Å²) in [6, 6.07) is 5.84. The van der Waals surface area contributed by atoms with Gasteiger partial charge in [-0.05, 0) is 113 Å². The van der Waals surface area contributed by atoms with Gasteiger partial charge >= 0.3 is 31.0 Å². The number of amides is 7. The molecular weight excluding hydrogens is 1160 g/mol. The summed E-state index contributed by atoms with van der Waals surface area (Å²) in [5.41, 5.74) is 11.5. The first-order chi connectivity index (χ1) is 42.4. The van der Waals surface area contributed by atoms with E-state index in [2.05, 4.69) is 36.9 Å². The Kier molecular flexibility index (Phi) is 32.3. The number of aliphatic carboxylic acids is 4. The molecule has 2 heterocycles. The lowest BCUT2D eigenvalue weighted by atomic mass is 9.78. The van der Waals surface area contributed by atoms with E-state index < -0.39 is 90.6 Å². The van der Waals surface area contributed by atoms with Crippen LogP contribution in [0, 0.1) is 0 Å². The average Bonchev–Trinajstić information content (AvgIpc) is 1.28. The highest BCUT2D eigenvalue weighted by Gasteiger charge is 2.39. The largest absolute Gasteiger partial charge is 0.480 e. The number of unbranched alkanes of at least 4 members (excludes halogenated alkanes) is 5. The number of carboxylic acid groups (broad SMARTS) is 4. The lowest BCUT2D eigenvalue weighted by Crippen LogP contribution is -2.52. The van der Waals surface area contributed by atoms with Crippen LogP contribution in [0.15, 0.2) is 41.4 Å². The summed E-state index contributed by atoms with van der Waals surface area (Å²) in [6.07, 6.45) is 5.23. The molecule has 7 amide bonds. The molecule has 0 spiro atoms. The van der Waals surface area contributed by atoms with Gasteiger partial charge in [-0.2, -0.15) is 0 Å². The number of hydrogen-bond acceptors (Lipinski definition) is 17. The number of guanidine groups is 1. The molecule has 0 aromatic heterocycles. The van der Waals surface area contributed by atoms with Crippen LogP contribution in [0.2, 0.25) is 0 Å². The van der Waals surface area contributed by atoms with Crippen molar-refractivity contribution in [2.45, 2.75) is 146 Å². The third-order valence-corrected chi connectivity index (χ3v) is 15.5. The minimum atomic E-state index is -1.69. The van der Waals surface area contributed by atoms with Gasteiger partial charge in [0.1, 0.15) is 24.2 Å². The molecule has 30 nitrogen and oxygen atoms in total. The van der Waals surface area contributed by atoms with Gasteiger partial charge in [-0.1, -0.05) is 30.7 Å². The van der Waals surface area contributed by atoms with Crippen LogP contribution in [0.25, 0.3) is 10.8 Å². The fraction of sp³-hybridized carbons (Fsp3) is 0.621. The van der Waals surface area contributed by atoms with Crippen molar-refractivity contribution >= 4 is 89.1 Å². The van der Waals surface area contributed by atoms with E-state index in [1.807, 2.05) is 0 Å². The third kappa shape index (κ3) is 26.7. The van der Waals surface area contributed by atoms with Crippen molar-refractivity contribution in [1.82, 2.24) is 51.5 Å². The Balaban J connectivity index is 1.12. The maximum absolute atomic E-state index is 13.4. The summed E-state index contributed by atoms with van der Waals surface area (Å²) >= 11 is 0. The molecule has 5 atom stereocenters. The van der Waals surface area contributed by atoms with Crippen molar-refractivity contribution in [3.8, 4) is 0 Å². The smallest absolute Gasteiger partial charge is 0.475 e. The standard InChI is InChI=1S/C58H90BN13O17/c1-38(55(83)72-29-13-18-46(72)59(88)89)66-53(81)42-22-21-41(39-14-6-7-15-40(39)42)52(80)63-26-9-3-10-27-64-54(82)43(17-12-28-65-58(60)61)67-48(74)19-4-2-5-20-49(75)68-44(56(84)85)16-8-11-25-62-47(73)24-23-45(57(86)87)71-34-32-69(36-50(76)77)30-31-70(33-35-71)37-51(78)79/h6-7,14-15,21-22,38,43-46,88-89H,2-5,8-13,16-20,23-37H2,1H3,(H,62,73)(H,63,80)(H,64,82)(H,66,81)(H,67,74)(H,68,75)(H,76,77)(H,78,79)(H,84,85)(H,86,87)(H4,60,61,65)/t38-,43+,44+,45-,46+/m1/s1. The highest BCUT2D eigenvalue weighted by Crippen LogP contribution is 2.25. The maximum atomic E-state index is 13.4. The molecule has 0 bridgehead atoms. The molecule has 2 aliphatic rings. The van der Waals surface area contributed by atoms with Crippen molar-refractivity contribution in [2.24, 2.45) is 16.5 Å². The second-order valence-electron chi connectivity index (χ2n) is 22.4. The van der Waals surface area contributed by atoms with Crippen LogP contribution < -0.4 is 43.4 Å². The molecule has 4 rings (SSSR count). The number of hydrogen-bond donors (Lipinski definition) is 14. The first kappa shape index (κ1) is 73.5. The number of nitrogens with one attached hydrogen (secondary N) is 6. The number of carboxylic acids is 4. The number of carbonyl (C=O) groups is 11. The van der Waals surface area contributed by atoms with Crippen molar-refractivity contribution in [3.63, 3.8) is 0 Å². The highest BCUT2D eigenvalue weighted by molar-refractivity contribution is 6.43. The van der Waals surface area contributed by atoms with Gasteiger partial charge in [0.05, 0.1) is 19.0 Å². The van der Waals surface area contributed by atoms with Crippen LogP contribution in [0.5, 0.6) is 0 Å². The van der Waals surface area contributed by atoms with E-state index in [4.69, 9.17) is 11.5 Å². The quantitative estimate of drug-likeness (QED) is 0.0159. The first-order valence-corrected chi connectivity index (χ1v) is 30.5. The number of carbonyl (C=O) groups excluding carboxylic acids is 7. The third-order valence-electron chi connectivity index (χ3n) is 15.5. The molecule has 0 aliphatic carbocycles. The molecule has 2 aliphatic heterocycles. The van der Waals surface area contributed by atoms with Gasteiger partial charge in [0, 0.05) is 102 Å². The molecule has 31 heteroatoms. The Morgan fingerprint density at radius 1 is 0.573 bits per heavy atom. The van der Waals surface area contributed by atoms with Crippen molar-refractivity contribution < 1.29 is 83.2 Å². The molecular formula is C58H90BN13O17. The van der Waals surface area contributed by atoms with E-state index in [1.54, 1.807) is 45.0 Å². The van der Waals surface area contributed by atoms with Crippen LogP contribution in [0.1, 0.15) is 137 Å². The Morgan fingerprint density at radius 3 is 1.66 bits per heavy atom. The summed E-state index contributed by atoms with van der Waals surface area (Å²) in [6.45, 7) is 3.65. The van der Waals surface area contributed by atoms with Crippen LogP contribution in [0.3, 0.4) is 0 Å². The Bertz CT molecular complexity index is 2730. The van der Waals surface area contributed by atoms with E-state index in [0.29, 0.717) is 100 Å². The number of nitrogens with two attached hydrogens (primary N) is 2. The van der Waals surface area contributed by atoms with Gasteiger partial charge in [-0.15, -0.1) is 0 Å². The topological polar surface area (TPSA) is 459 Å². The molecule has 0 unspecified atom stereocenters. The number of likely N-dealkylation sites (tertiary alicyclic amines) is 1. The molecule has 2 fully saturated rings. The number of benzene rings is 2. The zero-order valence-electron chi connectivity index (χ0n) is 50.7. The summed E-state index contributed by atoms with van der Waals surface area (Å²) in [5, 5.41) is 75.5. The summed E-state index contributed by atoms with van der Waals surface area (Å²) < 4.78 is 0. The minimum absolute atomic E-state index is 0.000236. The Hall–Kier alpha value is -8.00. The molecule has 2 aromatic carbocycles. The van der Waals surface area contributed by atoms with E-state index in [-0.39, 0.29) is 134 Å². The van der Waals surface area contributed by atoms with Crippen LogP contribution in [-0.2, 0) is 43.2 Å². The summed E-state index contributed by atoms with van der Waals surface area (Å²) in [5.74, 6) is -8.47.